The molecule has 17 heavy (non-hydrogen) atoms. The maximum absolute atomic E-state index is 5.68. The molecule has 1 aromatic heterocycles. The van der Waals surface area contributed by atoms with Gasteiger partial charge < -0.3 is 14.2 Å². The SMILES string of the molecule is COc1cccc(Oc2c[c]nn2C)c1OC. The lowest BCUT2D eigenvalue weighted by atomic mass is 10.3. The fourth-order valence-corrected chi connectivity index (χ4v) is 1.46. The van der Waals surface area contributed by atoms with Gasteiger partial charge in [0.25, 0.3) is 0 Å². The van der Waals surface area contributed by atoms with Gasteiger partial charge in [0.2, 0.25) is 11.6 Å². The van der Waals surface area contributed by atoms with E-state index in [1.807, 2.05) is 6.07 Å². The Morgan fingerprint density at radius 2 is 1.94 bits per heavy atom. The molecule has 5 nitrogen and oxygen atoms in total. The Labute approximate surface area is 99.5 Å². The van der Waals surface area contributed by atoms with Crippen molar-refractivity contribution in [2.45, 2.75) is 0 Å². The Morgan fingerprint density at radius 3 is 2.53 bits per heavy atom. The van der Waals surface area contributed by atoms with Crippen LogP contribution in [-0.2, 0) is 7.05 Å². The maximum Gasteiger partial charge on any atom is 0.218 e. The second-order valence-corrected chi connectivity index (χ2v) is 3.33. The predicted molar refractivity (Wildman–Crippen MR) is 61.7 cm³/mol. The van der Waals surface area contributed by atoms with Gasteiger partial charge >= 0.3 is 0 Å². The number of rotatable bonds is 4. The molecule has 89 valence electrons. The molecule has 0 unspecified atom stereocenters. The molecule has 0 fully saturated rings. The van der Waals surface area contributed by atoms with Crippen LogP contribution in [0.2, 0.25) is 0 Å². The molecule has 1 radical (unpaired) electrons. The summed E-state index contributed by atoms with van der Waals surface area (Å²) >= 11 is 0. The van der Waals surface area contributed by atoms with Crippen LogP contribution in [0.25, 0.3) is 0 Å². The lowest BCUT2D eigenvalue weighted by molar-refractivity contribution is 0.330. The van der Waals surface area contributed by atoms with Gasteiger partial charge in [-0.25, -0.2) is 4.68 Å². The van der Waals surface area contributed by atoms with Gasteiger partial charge in [0.1, 0.15) is 6.20 Å². The van der Waals surface area contributed by atoms with Gasteiger partial charge in [0, 0.05) is 13.1 Å². The van der Waals surface area contributed by atoms with Gasteiger partial charge in [-0.3, -0.25) is 0 Å². The van der Waals surface area contributed by atoms with Crippen molar-refractivity contribution >= 4 is 0 Å². The predicted octanol–water partition coefficient (Wildman–Crippen LogP) is 2.03. The number of benzene rings is 1. The molecule has 2 rings (SSSR count). The number of ether oxygens (including phenoxy) is 3. The second-order valence-electron chi connectivity index (χ2n) is 3.33. The molecule has 1 heterocycles. The lowest BCUT2D eigenvalue weighted by Crippen LogP contribution is -1.98. The van der Waals surface area contributed by atoms with E-state index >= 15 is 0 Å². The minimum atomic E-state index is 0.552. The minimum Gasteiger partial charge on any atom is -0.493 e. The number of hydrogen-bond acceptors (Lipinski definition) is 4. The van der Waals surface area contributed by atoms with Crippen LogP contribution in [0.5, 0.6) is 23.1 Å². The zero-order valence-electron chi connectivity index (χ0n) is 9.93. The third kappa shape index (κ3) is 2.18. The Kier molecular flexibility index (Phi) is 3.18. The summed E-state index contributed by atoms with van der Waals surface area (Å²) in [6.07, 6.45) is 2.70. The van der Waals surface area contributed by atoms with Crippen molar-refractivity contribution in [3.8, 4) is 23.1 Å². The molecule has 0 saturated carbocycles. The Balaban J connectivity index is 2.36. The Hall–Kier alpha value is -2.17. The molecule has 0 aliphatic heterocycles. The third-order valence-electron chi connectivity index (χ3n) is 2.30. The fourth-order valence-electron chi connectivity index (χ4n) is 1.46. The lowest BCUT2D eigenvalue weighted by Gasteiger charge is -2.12. The number of para-hydroxylation sites is 1. The van der Waals surface area contributed by atoms with E-state index in [0.29, 0.717) is 23.1 Å². The van der Waals surface area contributed by atoms with Crippen LogP contribution in [0.4, 0.5) is 0 Å². The first kappa shape index (κ1) is 11.3. The molecule has 0 saturated heterocycles. The third-order valence-corrected chi connectivity index (χ3v) is 2.30. The van der Waals surface area contributed by atoms with E-state index < -0.39 is 0 Å². The van der Waals surface area contributed by atoms with Gasteiger partial charge in [0.15, 0.2) is 11.5 Å². The van der Waals surface area contributed by atoms with Gasteiger partial charge in [-0.1, -0.05) is 6.07 Å². The molecule has 0 atom stereocenters. The first-order valence-electron chi connectivity index (χ1n) is 5.05. The minimum absolute atomic E-state index is 0.552. The Morgan fingerprint density at radius 1 is 1.18 bits per heavy atom. The van der Waals surface area contributed by atoms with Crippen LogP contribution < -0.4 is 14.2 Å². The number of methoxy groups -OCH3 is 2. The van der Waals surface area contributed by atoms with Crippen molar-refractivity contribution in [3.63, 3.8) is 0 Å². The average molecular weight is 233 g/mol. The summed E-state index contributed by atoms with van der Waals surface area (Å²) in [5, 5.41) is 3.91. The van der Waals surface area contributed by atoms with Crippen LogP contribution in [0.15, 0.2) is 24.3 Å². The molecule has 0 amide bonds. The van der Waals surface area contributed by atoms with Gasteiger partial charge in [0.05, 0.1) is 14.2 Å². The van der Waals surface area contributed by atoms with E-state index in [2.05, 4.69) is 11.3 Å². The molecular formula is C12H13N2O3. The average Bonchev–Trinajstić information content (AvgIpc) is 2.74. The van der Waals surface area contributed by atoms with Crippen LogP contribution >= 0.6 is 0 Å². The molecule has 2 aromatic rings. The normalized spacial score (nSPS) is 10.1. The maximum atomic E-state index is 5.68. The highest BCUT2D eigenvalue weighted by Gasteiger charge is 2.12. The van der Waals surface area contributed by atoms with Crippen molar-refractivity contribution in [1.29, 1.82) is 0 Å². The summed E-state index contributed by atoms with van der Waals surface area (Å²) < 4.78 is 17.7. The summed E-state index contributed by atoms with van der Waals surface area (Å²) in [4.78, 5) is 0. The van der Waals surface area contributed by atoms with Crippen LogP contribution in [0, 0.1) is 6.20 Å². The highest BCUT2D eigenvalue weighted by molar-refractivity contribution is 5.52. The van der Waals surface area contributed by atoms with Crippen molar-refractivity contribution < 1.29 is 14.2 Å². The second kappa shape index (κ2) is 4.78. The molecule has 0 spiro atoms. The van der Waals surface area contributed by atoms with E-state index in [0.717, 1.165) is 0 Å². The number of aromatic nitrogens is 2. The number of nitrogens with zero attached hydrogens (tertiary/aromatic N) is 2. The van der Waals surface area contributed by atoms with E-state index in [1.54, 1.807) is 44.1 Å². The van der Waals surface area contributed by atoms with Gasteiger partial charge in [-0.15, -0.1) is 0 Å². The summed E-state index contributed by atoms with van der Waals surface area (Å²) in [6, 6.07) is 7.09. The van der Waals surface area contributed by atoms with Crippen molar-refractivity contribution in [2.75, 3.05) is 14.2 Å². The van der Waals surface area contributed by atoms with Crippen molar-refractivity contribution in [3.05, 3.63) is 30.5 Å². The van der Waals surface area contributed by atoms with Crippen LogP contribution in [0.3, 0.4) is 0 Å². The van der Waals surface area contributed by atoms with Gasteiger partial charge in [-0.2, -0.15) is 5.10 Å². The highest BCUT2D eigenvalue weighted by Crippen LogP contribution is 2.38. The summed E-state index contributed by atoms with van der Waals surface area (Å²) in [5.74, 6) is 2.33. The van der Waals surface area contributed by atoms with E-state index in [9.17, 15) is 0 Å². The molecule has 0 aliphatic carbocycles. The summed E-state index contributed by atoms with van der Waals surface area (Å²) in [7, 11) is 4.93. The zero-order chi connectivity index (χ0) is 12.3. The van der Waals surface area contributed by atoms with Crippen LogP contribution in [0.1, 0.15) is 0 Å². The smallest absolute Gasteiger partial charge is 0.218 e. The molecule has 0 aliphatic rings. The molecule has 1 aromatic carbocycles. The standard InChI is InChI=1S/C12H13N2O3/c1-14-11(7-8-13-14)17-10-6-4-5-9(15-2)12(10)16-3/h4-7H,1-3H3. The summed E-state index contributed by atoms with van der Waals surface area (Å²) in [6.45, 7) is 0. The van der Waals surface area contributed by atoms with Gasteiger partial charge in [-0.05, 0) is 12.1 Å². The highest BCUT2D eigenvalue weighted by atomic mass is 16.5. The van der Waals surface area contributed by atoms with Crippen molar-refractivity contribution in [1.82, 2.24) is 9.78 Å². The van der Waals surface area contributed by atoms with Crippen molar-refractivity contribution in [2.24, 2.45) is 7.05 Å². The number of aryl methyl sites for hydroxylation is 1. The topological polar surface area (TPSA) is 45.5 Å². The van der Waals surface area contributed by atoms with E-state index in [-0.39, 0.29) is 0 Å². The molecular weight excluding hydrogens is 220 g/mol. The first-order chi connectivity index (χ1) is 8.26. The first-order valence-corrected chi connectivity index (χ1v) is 5.05. The zero-order valence-corrected chi connectivity index (χ0v) is 9.93. The Bertz CT molecular complexity index is 508. The molecule has 5 heteroatoms. The molecule has 0 bridgehead atoms. The molecule has 0 N–H and O–H groups in total. The summed E-state index contributed by atoms with van der Waals surface area (Å²) in [5.41, 5.74) is 0. The van der Waals surface area contributed by atoms with E-state index in [1.165, 1.54) is 0 Å². The fraction of sp³-hybridized carbons (Fsp3) is 0.250. The largest absolute Gasteiger partial charge is 0.493 e. The number of hydrogen-bond donors (Lipinski definition) is 0. The monoisotopic (exact) mass is 233 g/mol. The quantitative estimate of drug-likeness (QED) is 0.810. The van der Waals surface area contributed by atoms with E-state index in [4.69, 9.17) is 14.2 Å². The van der Waals surface area contributed by atoms with Crippen LogP contribution in [-0.4, -0.2) is 24.0 Å².